The Hall–Kier alpha value is -5.23. The van der Waals surface area contributed by atoms with Gasteiger partial charge in [0.2, 0.25) is 18.0 Å². The maximum atomic E-state index is 13.3. The van der Waals surface area contributed by atoms with Gasteiger partial charge in [-0.15, -0.1) is 0 Å². The highest BCUT2D eigenvalue weighted by Gasteiger charge is 2.68. The summed E-state index contributed by atoms with van der Waals surface area (Å²) in [4.78, 5) is 61.9. The Morgan fingerprint density at radius 2 is 1.70 bits per heavy atom. The normalized spacial score (nSPS) is 29.7. The first kappa shape index (κ1) is 32.2. The highest BCUT2D eigenvalue weighted by atomic mass is 16.7. The molecular formula is C29H26O17. The fourth-order valence-electron chi connectivity index (χ4n) is 5.46. The molecule has 8 atom stereocenters. The van der Waals surface area contributed by atoms with Crippen LogP contribution in [0.25, 0.3) is 6.08 Å². The number of esters is 3. The van der Waals surface area contributed by atoms with E-state index < -0.39 is 97.0 Å². The minimum absolute atomic E-state index is 0.154. The van der Waals surface area contributed by atoms with Crippen molar-refractivity contribution in [2.45, 2.75) is 54.7 Å². The number of hydrogen-bond donors (Lipinski definition) is 7. The van der Waals surface area contributed by atoms with Crippen LogP contribution < -0.4 is 4.74 Å². The smallest absolute Gasteiger partial charge is 0.352 e. The number of carbonyl (C=O) groups excluding carboxylic acids is 3. The van der Waals surface area contributed by atoms with E-state index in [1.54, 1.807) is 0 Å². The molecule has 2 aromatic rings. The van der Waals surface area contributed by atoms with Crippen LogP contribution in [0.3, 0.4) is 0 Å². The Balaban J connectivity index is 1.30. The SMILES string of the molecule is O=C(O)C[C@@]12Oc3cccc(C(=O)OC[C@H]4O[C@@H](OC(=O)/C=C/c5ccc(O)c(O)c5)[C@H](O)[C@@H](O)[C@@H]4O)c3[C@@H]1[C@H](C(=O)O)OC2=O. The van der Waals surface area contributed by atoms with Crippen molar-refractivity contribution in [3.63, 3.8) is 0 Å². The lowest BCUT2D eigenvalue weighted by molar-refractivity contribution is -0.290. The number of carbonyl (C=O) groups is 5. The molecule has 0 aliphatic carbocycles. The van der Waals surface area contributed by atoms with Crippen molar-refractivity contribution in [2.75, 3.05) is 6.61 Å². The molecule has 2 aromatic carbocycles. The van der Waals surface area contributed by atoms with Crippen molar-refractivity contribution < 1.29 is 83.4 Å². The zero-order chi connectivity index (χ0) is 33.5. The summed E-state index contributed by atoms with van der Waals surface area (Å²) in [5.41, 5.74) is -2.46. The van der Waals surface area contributed by atoms with Crippen LogP contribution in [-0.4, -0.2) is 115 Å². The first-order chi connectivity index (χ1) is 21.7. The lowest BCUT2D eigenvalue weighted by Gasteiger charge is -2.39. The lowest BCUT2D eigenvalue weighted by Crippen LogP contribution is -2.59. The summed E-state index contributed by atoms with van der Waals surface area (Å²) in [6.07, 6.45) is -9.91. The summed E-state index contributed by atoms with van der Waals surface area (Å²) in [6, 6.07) is 7.49. The fraction of sp³-hybridized carbons (Fsp3) is 0.345. The highest BCUT2D eigenvalue weighted by molar-refractivity contribution is 5.99. The number of hydrogen-bond acceptors (Lipinski definition) is 15. The second-order valence-corrected chi connectivity index (χ2v) is 10.6. The van der Waals surface area contributed by atoms with Crippen molar-refractivity contribution in [1.82, 2.24) is 0 Å². The first-order valence-electron chi connectivity index (χ1n) is 13.5. The molecular weight excluding hydrogens is 620 g/mol. The number of fused-ring (bicyclic) bond motifs is 3. The standard InChI is InChI=1S/C29H26O17/c30-13-6-4-11(8-14(13)31)5-7-18(34)44-27-23(37)22(36)21(35)16(43-27)10-42-26(40)12-2-1-3-15-19(12)20-24(25(38)39)45-28(41)29(20,46-15)9-17(32)33/h1-8,16,20-24,27,30-31,35-37H,9-10H2,(H,32,33)(H,38,39)/b7-5+/t16-,20-,21-,22+,23-,24-,27+,29-/m1/s1. The Labute approximate surface area is 257 Å². The van der Waals surface area contributed by atoms with Crippen LogP contribution in [0.2, 0.25) is 0 Å². The van der Waals surface area contributed by atoms with Crippen LogP contribution in [0.5, 0.6) is 17.2 Å². The maximum Gasteiger partial charge on any atom is 0.352 e. The molecule has 3 heterocycles. The predicted octanol–water partition coefficient (Wildman–Crippen LogP) is -0.982. The van der Waals surface area contributed by atoms with Crippen molar-refractivity contribution >= 4 is 35.9 Å². The molecule has 244 valence electrons. The zero-order valence-corrected chi connectivity index (χ0v) is 23.3. The van der Waals surface area contributed by atoms with Gasteiger partial charge in [-0.3, -0.25) is 4.79 Å². The third-order valence-corrected chi connectivity index (χ3v) is 7.62. The molecule has 7 N–H and O–H groups in total. The van der Waals surface area contributed by atoms with Gasteiger partial charge in [-0.1, -0.05) is 12.1 Å². The molecule has 0 radical (unpaired) electrons. The van der Waals surface area contributed by atoms with Crippen LogP contribution in [-0.2, 0) is 38.1 Å². The summed E-state index contributed by atoms with van der Waals surface area (Å²) in [6.45, 7) is -0.798. The van der Waals surface area contributed by atoms with Gasteiger partial charge in [0.15, 0.2) is 11.5 Å². The third kappa shape index (κ3) is 5.79. The van der Waals surface area contributed by atoms with Crippen LogP contribution >= 0.6 is 0 Å². The molecule has 17 heteroatoms. The van der Waals surface area contributed by atoms with E-state index in [1.807, 2.05) is 0 Å². The van der Waals surface area contributed by atoms with E-state index in [0.29, 0.717) is 5.56 Å². The van der Waals surface area contributed by atoms with Gasteiger partial charge in [-0.05, 0) is 35.9 Å². The average Bonchev–Trinajstić information content (AvgIpc) is 3.47. The summed E-state index contributed by atoms with van der Waals surface area (Å²) >= 11 is 0. The van der Waals surface area contributed by atoms with Crippen molar-refractivity contribution in [3.05, 3.63) is 59.2 Å². The minimum Gasteiger partial charge on any atom is -0.504 e. The topological polar surface area (TPSA) is 273 Å². The van der Waals surface area contributed by atoms with Gasteiger partial charge in [-0.25, -0.2) is 19.2 Å². The molecule has 0 unspecified atom stereocenters. The number of ether oxygens (including phenoxy) is 5. The van der Waals surface area contributed by atoms with Crippen molar-refractivity contribution in [2.24, 2.45) is 0 Å². The number of carboxylic acid groups (broad SMARTS) is 2. The number of carboxylic acids is 2. The highest BCUT2D eigenvalue weighted by Crippen LogP contribution is 2.54. The van der Waals surface area contributed by atoms with Gasteiger partial charge in [0.25, 0.3) is 0 Å². The minimum atomic E-state index is -2.27. The van der Waals surface area contributed by atoms with E-state index in [9.17, 15) is 59.7 Å². The molecule has 2 saturated heterocycles. The third-order valence-electron chi connectivity index (χ3n) is 7.62. The molecule has 46 heavy (non-hydrogen) atoms. The number of benzene rings is 2. The van der Waals surface area contributed by atoms with Crippen LogP contribution in [0, 0.1) is 0 Å². The number of phenols is 2. The molecule has 0 amide bonds. The van der Waals surface area contributed by atoms with Crippen molar-refractivity contribution in [3.8, 4) is 17.2 Å². The van der Waals surface area contributed by atoms with Gasteiger partial charge in [-0.2, -0.15) is 0 Å². The van der Waals surface area contributed by atoms with E-state index in [4.69, 9.17) is 23.7 Å². The largest absolute Gasteiger partial charge is 0.504 e. The van der Waals surface area contributed by atoms with E-state index >= 15 is 0 Å². The molecule has 3 aliphatic heterocycles. The van der Waals surface area contributed by atoms with E-state index in [2.05, 4.69) is 0 Å². The second kappa shape index (κ2) is 12.3. The van der Waals surface area contributed by atoms with Gasteiger partial charge >= 0.3 is 29.8 Å². The number of aliphatic hydroxyl groups is 3. The molecule has 2 fully saturated rings. The van der Waals surface area contributed by atoms with Gasteiger partial charge in [0.1, 0.15) is 36.8 Å². The Kier molecular flexibility index (Phi) is 8.59. The van der Waals surface area contributed by atoms with Gasteiger partial charge in [0.05, 0.1) is 17.9 Å². The number of aliphatic hydroxyl groups excluding tert-OH is 3. The second-order valence-electron chi connectivity index (χ2n) is 10.6. The number of phenolic OH excluding ortho intramolecular Hbond substituents is 2. The van der Waals surface area contributed by atoms with Crippen LogP contribution in [0.4, 0.5) is 0 Å². The molecule has 5 rings (SSSR count). The van der Waals surface area contributed by atoms with E-state index in [-0.39, 0.29) is 22.6 Å². The summed E-state index contributed by atoms with van der Waals surface area (Å²) in [5.74, 6) is -9.14. The van der Waals surface area contributed by atoms with E-state index in [0.717, 1.165) is 12.1 Å². The first-order valence-corrected chi connectivity index (χ1v) is 13.5. The molecule has 0 aromatic heterocycles. The number of rotatable bonds is 9. The van der Waals surface area contributed by atoms with Crippen LogP contribution in [0.15, 0.2) is 42.5 Å². The monoisotopic (exact) mass is 646 g/mol. The van der Waals surface area contributed by atoms with E-state index in [1.165, 1.54) is 36.4 Å². The summed E-state index contributed by atoms with van der Waals surface area (Å²) in [7, 11) is 0. The van der Waals surface area contributed by atoms with Gasteiger partial charge in [0, 0.05) is 11.6 Å². The number of aliphatic carboxylic acids is 2. The zero-order valence-electron chi connectivity index (χ0n) is 23.3. The molecule has 17 nitrogen and oxygen atoms in total. The number of cyclic esters (lactones) is 1. The predicted molar refractivity (Wildman–Crippen MR) is 144 cm³/mol. The molecule has 0 spiro atoms. The van der Waals surface area contributed by atoms with Gasteiger partial charge < -0.3 is 59.4 Å². The quantitative estimate of drug-likeness (QED) is 0.0746. The average molecular weight is 647 g/mol. The molecule has 0 saturated carbocycles. The molecule has 0 bridgehead atoms. The maximum absolute atomic E-state index is 13.3. The molecule has 3 aliphatic rings. The Bertz CT molecular complexity index is 1620. The summed E-state index contributed by atoms with van der Waals surface area (Å²) < 4.78 is 26.2. The summed E-state index contributed by atoms with van der Waals surface area (Å²) in [5, 5.41) is 69.2. The van der Waals surface area contributed by atoms with Crippen molar-refractivity contribution in [1.29, 1.82) is 0 Å². The Morgan fingerprint density at radius 1 is 0.957 bits per heavy atom. The number of aromatic hydroxyl groups is 2. The van der Waals surface area contributed by atoms with Crippen LogP contribution in [0.1, 0.15) is 33.8 Å². The lowest BCUT2D eigenvalue weighted by atomic mass is 9.79. The fourth-order valence-corrected chi connectivity index (χ4v) is 5.46. The Morgan fingerprint density at radius 3 is 2.37 bits per heavy atom.